The molecule has 0 N–H and O–H groups in total. The van der Waals surface area contributed by atoms with Crippen LogP contribution in [-0.2, 0) is 15.5 Å². The van der Waals surface area contributed by atoms with E-state index in [0.717, 1.165) is 6.07 Å². The normalized spacial score (nSPS) is 20.0. The Morgan fingerprint density at radius 2 is 1.73 bits per heavy atom. The van der Waals surface area contributed by atoms with Crippen molar-refractivity contribution in [1.82, 2.24) is 9.97 Å². The van der Waals surface area contributed by atoms with Crippen molar-refractivity contribution in [3.63, 3.8) is 0 Å². The molecule has 0 spiro atoms. The van der Waals surface area contributed by atoms with Gasteiger partial charge in [-0.2, -0.15) is 13.2 Å². The lowest BCUT2D eigenvalue weighted by atomic mass is 9.87. The van der Waals surface area contributed by atoms with E-state index < -0.39 is 35.9 Å². The molecule has 1 aliphatic rings. The highest BCUT2D eigenvalue weighted by atomic mass is 19.4. The minimum Gasteiger partial charge on any atom is -0.398 e. The van der Waals surface area contributed by atoms with Crippen LogP contribution < -0.4 is 0 Å². The number of alkyl halides is 3. The van der Waals surface area contributed by atoms with E-state index in [-0.39, 0.29) is 5.65 Å². The minimum atomic E-state index is -4.54. The molecule has 1 fully saturated rings. The van der Waals surface area contributed by atoms with Crippen molar-refractivity contribution in [1.29, 1.82) is 0 Å². The SMILES string of the molecule is CC1(C)OB(C(F)=Cc2cnc3nc(C(F)(F)F)ccc3c2)OC1(C)C. The van der Waals surface area contributed by atoms with Crippen LogP contribution in [-0.4, -0.2) is 28.3 Å². The van der Waals surface area contributed by atoms with E-state index >= 15 is 0 Å². The summed E-state index contributed by atoms with van der Waals surface area (Å²) in [6.07, 6.45) is -2.11. The van der Waals surface area contributed by atoms with E-state index in [9.17, 15) is 17.6 Å². The molecular formula is C17H17BF4N2O2. The van der Waals surface area contributed by atoms with Gasteiger partial charge in [-0.3, -0.25) is 0 Å². The minimum absolute atomic E-state index is 0.0620. The fraction of sp³-hybridized carbons (Fsp3) is 0.412. The van der Waals surface area contributed by atoms with Crippen LogP contribution in [0.15, 0.2) is 30.1 Å². The Morgan fingerprint density at radius 3 is 2.31 bits per heavy atom. The van der Waals surface area contributed by atoms with Gasteiger partial charge in [0.1, 0.15) is 11.4 Å². The zero-order valence-electron chi connectivity index (χ0n) is 14.7. The third-order valence-electron chi connectivity index (χ3n) is 4.64. The molecule has 0 atom stereocenters. The van der Waals surface area contributed by atoms with Gasteiger partial charge in [0.15, 0.2) is 5.65 Å². The standard InChI is InChI=1S/C17H17BF4N2O2/c1-15(2)16(3,4)26-18(25-15)13(19)8-10-7-11-5-6-12(17(20,21)22)24-14(11)23-9-10/h5-9H,1-4H3. The molecular weight excluding hydrogens is 351 g/mol. The summed E-state index contributed by atoms with van der Waals surface area (Å²) >= 11 is 0. The quantitative estimate of drug-likeness (QED) is 0.575. The maximum Gasteiger partial charge on any atom is 0.525 e. The van der Waals surface area contributed by atoms with Crippen LogP contribution in [0, 0.1) is 0 Å². The van der Waals surface area contributed by atoms with Gasteiger partial charge in [0.2, 0.25) is 0 Å². The molecule has 3 heterocycles. The van der Waals surface area contributed by atoms with E-state index in [4.69, 9.17) is 9.31 Å². The Morgan fingerprint density at radius 1 is 1.12 bits per heavy atom. The highest BCUT2D eigenvalue weighted by molar-refractivity contribution is 6.54. The van der Waals surface area contributed by atoms with Gasteiger partial charge in [-0.05, 0) is 57.5 Å². The summed E-state index contributed by atoms with van der Waals surface area (Å²) in [5.41, 5.74) is -2.72. The van der Waals surface area contributed by atoms with E-state index in [1.807, 2.05) is 27.7 Å². The van der Waals surface area contributed by atoms with Crippen LogP contribution in [0.2, 0.25) is 0 Å². The first-order valence-corrected chi connectivity index (χ1v) is 7.96. The van der Waals surface area contributed by atoms with Gasteiger partial charge < -0.3 is 9.31 Å². The number of rotatable bonds is 2. The van der Waals surface area contributed by atoms with E-state index in [2.05, 4.69) is 9.97 Å². The number of aromatic nitrogens is 2. The van der Waals surface area contributed by atoms with Crippen molar-refractivity contribution >= 4 is 24.2 Å². The zero-order chi connectivity index (χ0) is 19.3. The van der Waals surface area contributed by atoms with Gasteiger partial charge in [0, 0.05) is 11.6 Å². The third-order valence-corrected chi connectivity index (χ3v) is 4.64. The topological polar surface area (TPSA) is 44.2 Å². The molecule has 4 nitrogen and oxygen atoms in total. The Kier molecular flexibility index (Phi) is 4.35. The lowest BCUT2D eigenvalue weighted by molar-refractivity contribution is -0.141. The summed E-state index contributed by atoms with van der Waals surface area (Å²) < 4.78 is 63.8. The van der Waals surface area contributed by atoms with E-state index in [1.165, 1.54) is 24.4 Å². The summed E-state index contributed by atoms with van der Waals surface area (Å²) in [6.45, 7) is 7.23. The predicted molar refractivity (Wildman–Crippen MR) is 89.7 cm³/mol. The molecule has 0 aliphatic carbocycles. The van der Waals surface area contributed by atoms with Gasteiger partial charge >= 0.3 is 13.3 Å². The van der Waals surface area contributed by atoms with Gasteiger partial charge in [-0.25, -0.2) is 14.4 Å². The summed E-state index contributed by atoms with van der Waals surface area (Å²) in [5, 5.41) is 0.369. The highest BCUT2D eigenvalue weighted by Gasteiger charge is 2.53. The number of fused-ring (bicyclic) bond motifs is 1. The van der Waals surface area contributed by atoms with Crippen molar-refractivity contribution in [3.05, 3.63) is 41.4 Å². The maximum atomic E-state index is 14.5. The van der Waals surface area contributed by atoms with Crippen molar-refractivity contribution < 1.29 is 26.9 Å². The zero-order valence-corrected chi connectivity index (χ0v) is 14.7. The van der Waals surface area contributed by atoms with Crippen LogP contribution in [0.3, 0.4) is 0 Å². The third kappa shape index (κ3) is 3.46. The fourth-order valence-corrected chi connectivity index (χ4v) is 2.45. The maximum absolute atomic E-state index is 14.5. The number of hydrogen-bond acceptors (Lipinski definition) is 4. The van der Waals surface area contributed by atoms with Gasteiger partial charge in [0.25, 0.3) is 0 Å². The van der Waals surface area contributed by atoms with Crippen molar-refractivity contribution in [3.8, 4) is 0 Å². The highest BCUT2D eigenvalue weighted by Crippen LogP contribution is 2.39. The number of halogens is 4. The fourth-order valence-electron chi connectivity index (χ4n) is 2.45. The van der Waals surface area contributed by atoms with E-state index in [1.54, 1.807) is 0 Å². The van der Waals surface area contributed by atoms with E-state index in [0.29, 0.717) is 10.9 Å². The average Bonchev–Trinajstić information content (AvgIpc) is 2.74. The van der Waals surface area contributed by atoms with Gasteiger partial charge in [-0.1, -0.05) is 0 Å². The molecule has 3 rings (SSSR count). The van der Waals surface area contributed by atoms with Crippen molar-refractivity contribution in [2.45, 2.75) is 45.1 Å². The molecule has 0 unspecified atom stereocenters. The largest absolute Gasteiger partial charge is 0.525 e. The summed E-state index contributed by atoms with van der Waals surface area (Å²) in [7, 11) is -1.15. The lowest BCUT2D eigenvalue weighted by Crippen LogP contribution is -2.41. The predicted octanol–water partition coefficient (Wildman–Crippen LogP) is 4.59. The Balaban J connectivity index is 1.88. The second-order valence-corrected chi connectivity index (χ2v) is 7.13. The van der Waals surface area contributed by atoms with Crippen LogP contribution in [0.1, 0.15) is 39.0 Å². The number of nitrogens with zero attached hydrogens (tertiary/aromatic N) is 2. The number of hydrogen-bond donors (Lipinski definition) is 0. The first-order valence-electron chi connectivity index (χ1n) is 7.96. The molecule has 0 saturated carbocycles. The Labute approximate surface area is 148 Å². The molecule has 0 radical (unpaired) electrons. The molecule has 138 valence electrons. The van der Waals surface area contributed by atoms with Crippen molar-refractivity contribution in [2.75, 3.05) is 0 Å². The summed E-state index contributed by atoms with van der Waals surface area (Å²) in [5.74, 6) is 0. The monoisotopic (exact) mass is 368 g/mol. The second-order valence-electron chi connectivity index (χ2n) is 7.13. The van der Waals surface area contributed by atoms with Crippen LogP contribution in [0.25, 0.3) is 17.1 Å². The Bertz CT molecular complexity index is 865. The molecule has 0 aromatic carbocycles. The molecule has 1 saturated heterocycles. The molecule has 26 heavy (non-hydrogen) atoms. The first kappa shape index (κ1) is 18.8. The smallest absolute Gasteiger partial charge is 0.398 e. The summed E-state index contributed by atoms with van der Waals surface area (Å²) in [4.78, 5) is 7.37. The van der Waals surface area contributed by atoms with Crippen molar-refractivity contribution in [2.24, 2.45) is 0 Å². The molecule has 2 aromatic rings. The van der Waals surface area contributed by atoms with Gasteiger partial charge in [0.05, 0.1) is 11.2 Å². The molecule has 9 heteroatoms. The molecule has 1 aliphatic heterocycles. The van der Waals surface area contributed by atoms with Gasteiger partial charge in [-0.15, -0.1) is 0 Å². The lowest BCUT2D eigenvalue weighted by Gasteiger charge is -2.32. The number of pyridine rings is 2. The summed E-state index contributed by atoms with van der Waals surface area (Å²) in [6, 6.07) is 3.62. The van der Waals surface area contributed by atoms with Crippen LogP contribution in [0.4, 0.5) is 17.6 Å². The Hall–Kier alpha value is -2.00. The second kappa shape index (κ2) is 6.02. The molecule has 0 amide bonds. The first-order chi connectivity index (χ1) is 11.9. The molecule has 0 bridgehead atoms. The average molecular weight is 368 g/mol. The van der Waals surface area contributed by atoms with Crippen LogP contribution >= 0.6 is 0 Å². The molecule has 2 aromatic heterocycles. The van der Waals surface area contributed by atoms with Crippen LogP contribution in [0.5, 0.6) is 0 Å².